The molecular weight excluding hydrogens is 372 g/mol. The molecular formula is C17H22N4O3S2. The number of rotatable bonds is 3. The van der Waals surface area contributed by atoms with Crippen molar-refractivity contribution in [1.82, 2.24) is 14.3 Å². The van der Waals surface area contributed by atoms with Crippen molar-refractivity contribution in [3.8, 4) is 0 Å². The predicted molar refractivity (Wildman–Crippen MR) is 100 cm³/mol. The van der Waals surface area contributed by atoms with E-state index in [9.17, 15) is 8.42 Å². The van der Waals surface area contributed by atoms with Crippen LogP contribution >= 0.6 is 11.3 Å². The molecule has 7 nitrogen and oxygen atoms in total. The molecule has 0 N–H and O–H groups in total. The van der Waals surface area contributed by atoms with Crippen molar-refractivity contribution < 1.29 is 13.2 Å². The monoisotopic (exact) mass is 394 g/mol. The first-order valence-electron chi connectivity index (χ1n) is 8.78. The summed E-state index contributed by atoms with van der Waals surface area (Å²) in [6.45, 7) is 5.86. The van der Waals surface area contributed by atoms with E-state index in [1.807, 2.05) is 6.92 Å². The van der Waals surface area contributed by atoms with Crippen LogP contribution in [0.5, 0.6) is 0 Å². The molecule has 26 heavy (non-hydrogen) atoms. The Morgan fingerprint density at radius 1 is 1.12 bits per heavy atom. The van der Waals surface area contributed by atoms with Gasteiger partial charge in [0.15, 0.2) is 0 Å². The largest absolute Gasteiger partial charge is 0.378 e. The zero-order valence-corrected chi connectivity index (χ0v) is 16.4. The van der Waals surface area contributed by atoms with Crippen LogP contribution in [0.2, 0.25) is 0 Å². The van der Waals surface area contributed by atoms with Gasteiger partial charge in [-0.3, -0.25) is 0 Å². The smallest absolute Gasteiger partial charge is 0.252 e. The third-order valence-corrected chi connectivity index (χ3v) is 8.15. The number of fused-ring (bicyclic) bond motifs is 1. The van der Waals surface area contributed by atoms with Crippen LogP contribution < -0.4 is 4.90 Å². The topological polar surface area (TPSA) is 75.6 Å². The van der Waals surface area contributed by atoms with Gasteiger partial charge in [-0.1, -0.05) is 6.07 Å². The maximum absolute atomic E-state index is 12.8. The molecule has 0 aliphatic carbocycles. The SMILES string of the molecule is Cc1nc(N2CCOCC2)nc2c1CCN(S(=O)(=O)c1cccs1)CC2. The average Bonchev–Trinajstić information content (AvgIpc) is 3.10. The van der Waals surface area contributed by atoms with Gasteiger partial charge in [-0.05, 0) is 30.4 Å². The summed E-state index contributed by atoms with van der Waals surface area (Å²) < 4.78 is 33.0. The molecule has 4 rings (SSSR count). The number of anilines is 1. The molecule has 0 radical (unpaired) electrons. The van der Waals surface area contributed by atoms with Gasteiger partial charge in [0.25, 0.3) is 10.0 Å². The van der Waals surface area contributed by atoms with Gasteiger partial charge >= 0.3 is 0 Å². The van der Waals surface area contributed by atoms with Gasteiger partial charge in [0.1, 0.15) is 4.21 Å². The minimum atomic E-state index is -3.43. The first-order valence-corrected chi connectivity index (χ1v) is 11.1. The van der Waals surface area contributed by atoms with E-state index in [2.05, 4.69) is 9.88 Å². The normalized spacial score (nSPS) is 19.2. The summed E-state index contributed by atoms with van der Waals surface area (Å²) in [5.41, 5.74) is 3.01. The zero-order chi connectivity index (χ0) is 18.1. The second-order valence-electron chi connectivity index (χ2n) is 6.47. The Morgan fingerprint density at radius 2 is 1.88 bits per heavy atom. The van der Waals surface area contributed by atoms with E-state index in [0.29, 0.717) is 43.4 Å². The molecule has 2 aliphatic heterocycles. The van der Waals surface area contributed by atoms with Crippen LogP contribution in [0.3, 0.4) is 0 Å². The van der Waals surface area contributed by atoms with Gasteiger partial charge in [-0.25, -0.2) is 18.4 Å². The minimum Gasteiger partial charge on any atom is -0.378 e. The van der Waals surface area contributed by atoms with Gasteiger partial charge < -0.3 is 9.64 Å². The van der Waals surface area contributed by atoms with Crippen LogP contribution in [-0.2, 0) is 27.6 Å². The van der Waals surface area contributed by atoms with E-state index in [0.717, 1.165) is 36.0 Å². The summed E-state index contributed by atoms with van der Waals surface area (Å²) in [4.78, 5) is 11.6. The lowest BCUT2D eigenvalue weighted by Gasteiger charge is -2.27. The molecule has 1 fully saturated rings. The van der Waals surface area contributed by atoms with Gasteiger partial charge in [-0.15, -0.1) is 11.3 Å². The number of thiophene rings is 1. The van der Waals surface area contributed by atoms with Crippen LogP contribution in [-0.4, -0.2) is 62.1 Å². The number of hydrogen-bond acceptors (Lipinski definition) is 7. The van der Waals surface area contributed by atoms with Crippen molar-refractivity contribution in [2.75, 3.05) is 44.3 Å². The standard InChI is InChI=1S/C17H22N4O3S2/c1-13-14-4-6-21(26(22,23)16-3-2-12-25-16)7-5-15(14)19-17(18-13)20-8-10-24-11-9-20/h2-3,12H,4-11H2,1H3. The van der Waals surface area contributed by atoms with Crippen molar-refractivity contribution in [1.29, 1.82) is 0 Å². The summed E-state index contributed by atoms with van der Waals surface area (Å²) in [5, 5.41) is 1.80. The Kier molecular flexibility index (Phi) is 4.96. The lowest BCUT2D eigenvalue weighted by molar-refractivity contribution is 0.122. The van der Waals surface area contributed by atoms with Gasteiger partial charge in [0.2, 0.25) is 5.95 Å². The molecule has 9 heteroatoms. The second-order valence-corrected chi connectivity index (χ2v) is 9.58. The zero-order valence-electron chi connectivity index (χ0n) is 14.7. The maximum Gasteiger partial charge on any atom is 0.252 e. The van der Waals surface area contributed by atoms with Crippen molar-refractivity contribution in [2.24, 2.45) is 0 Å². The molecule has 2 aromatic heterocycles. The first-order chi connectivity index (χ1) is 12.6. The lowest BCUT2D eigenvalue weighted by Crippen LogP contribution is -2.37. The third kappa shape index (κ3) is 3.36. The molecule has 0 unspecified atom stereocenters. The summed E-state index contributed by atoms with van der Waals surface area (Å²) in [7, 11) is -3.43. The van der Waals surface area contributed by atoms with Crippen LogP contribution in [0.1, 0.15) is 17.0 Å². The number of morpholine rings is 1. The Bertz CT molecular complexity index is 878. The first kappa shape index (κ1) is 17.8. The molecule has 2 aromatic rings. The fourth-order valence-electron chi connectivity index (χ4n) is 3.43. The fraction of sp³-hybridized carbons (Fsp3) is 0.529. The van der Waals surface area contributed by atoms with Crippen LogP contribution in [0.25, 0.3) is 0 Å². The Labute approximate surface area is 157 Å². The molecule has 0 bridgehead atoms. The summed E-state index contributed by atoms with van der Waals surface area (Å²) in [6.07, 6.45) is 1.26. The van der Waals surface area contributed by atoms with Crippen molar-refractivity contribution in [2.45, 2.75) is 24.0 Å². The third-order valence-electron chi connectivity index (χ3n) is 4.88. The predicted octanol–water partition coefficient (Wildman–Crippen LogP) is 1.47. The van der Waals surface area contributed by atoms with Crippen LogP contribution in [0.4, 0.5) is 5.95 Å². The number of aryl methyl sites for hydroxylation is 1. The number of aromatic nitrogens is 2. The number of nitrogens with zero attached hydrogens (tertiary/aromatic N) is 4. The van der Waals surface area contributed by atoms with E-state index >= 15 is 0 Å². The molecule has 0 spiro atoms. The molecule has 2 aliphatic rings. The van der Waals surface area contributed by atoms with E-state index in [1.165, 1.54) is 11.3 Å². The van der Waals surface area contributed by atoms with E-state index in [1.54, 1.807) is 21.8 Å². The van der Waals surface area contributed by atoms with Crippen molar-refractivity contribution in [3.63, 3.8) is 0 Å². The molecule has 0 aromatic carbocycles. The lowest BCUT2D eigenvalue weighted by atomic mass is 10.1. The fourth-order valence-corrected chi connectivity index (χ4v) is 6.02. The van der Waals surface area contributed by atoms with Crippen molar-refractivity contribution in [3.05, 3.63) is 34.5 Å². The van der Waals surface area contributed by atoms with E-state index in [-0.39, 0.29) is 0 Å². The maximum atomic E-state index is 12.8. The highest BCUT2D eigenvalue weighted by molar-refractivity contribution is 7.91. The van der Waals surface area contributed by atoms with Crippen LogP contribution in [0, 0.1) is 6.92 Å². The van der Waals surface area contributed by atoms with E-state index < -0.39 is 10.0 Å². The highest BCUT2D eigenvalue weighted by Gasteiger charge is 2.29. The molecule has 1 saturated heterocycles. The number of sulfonamides is 1. The Balaban J connectivity index is 1.59. The molecule has 0 amide bonds. The van der Waals surface area contributed by atoms with Gasteiger partial charge in [0, 0.05) is 38.3 Å². The number of hydrogen-bond donors (Lipinski definition) is 0. The average molecular weight is 395 g/mol. The highest BCUT2D eigenvalue weighted by Crippen LogP contribution is 2.26. The Morgan fingerprint density at radius 3 is 2.62 bits per heavy atom. The van der Waals surface area contributed by atoms with Gasteiger partial charge in [-0.2, -0.15) is 4.31 Å². The Hall–Kier alpha value is -1.55. The van der Waals surface area contributed by atoms with Crippen molar-refractivity contribution >= 4 is 27.3 Å². The molecule has 0 saturated carbocycles. The second kappa shape index (κ2) is 7.22. The van der Waals surface area contributed by atoms with E-state index in [4.69, 9.17) is 9.72 Å². The highest BCUT2D eigenvalue weighted by atomic mass is 32.2. The molecule has 0 atom stereocenters. The summed E-state index contributed by atoms with van der Waals surface area (Å²) in [6, 6.07) is 3.44. The minimum absolute atomic E-state index is 0.403. The van der Waals surface area contributed by atoms with Gasteiger partial charge in [0.05, 0.1) is 18.9 Å². The van der Waals surface area contributed by atoms with Crippen LogP contribution in [0.15, 0.2) is 21.7 Å². The molecule has 4 heterocycles. The summed E-state index contributed by atoms with van der Waals surface area (Å²) >= 11 is 1.26. The molecule has 140 valence electrons. The number of ether oxygens (including phenoxy) is 1. The summed E-state index contributed by atoms with van der Waals surface area (Å²) in [5.74, 6) is 0.735. The quantitative estimate of drug-likeness (QED) is 0.785.